The van der Waals surface area contributed by atoms with Crippen LogP contribution in [0.5, 0.6) is 0 Å². The summed E-state index contributed by atoms with van der Waals surface area (Å²) in [5.74, 6) is 0.523. The van der Waals surface area contributed by atoms with Crippen LogP contribution in [0.2, 0.25) is 5.02 Å². The van der Waals surface area contributed by atoms with Gasteiger partial charge >= 0.3 is 0 Å². The predicted molar refractivity (Wildman–Crippen MR) is 100 cm³/mol. The first-order chi connectivity index (χ1) is 12.2. The standard InChI is InChI=1S/C19H20ClFN4/c20-14-6-5-13(11-15(14)21)12-23-18-19(7-9-22-10-8-19)25-17-4-2-1-3-16(17)24-18/h1-6,11,22,25H,7-10,12H2,(H,23,24). The first-order valence-corrected chi connectivity index (χ1v) is 8.89. The lowest BCUT2D eigenvalue weighted by molar-refractivity contribution is 0.412. The van der Waals surface area contributed by atoms with Crippen molar-refractivity contribution in [2.45, 2.75) is 24.9 Å². The van der Waals surface area contributed by atoms with Gasteiger partial charge in [-0.1, -0.05) is 29.8 Å². The van der Waals surface area contributed by atoms with Crippen LogP contribution in [-0.4, -0.2) is 24.5 Å². The van der Waals surface area contributed by atoms with E-state index in [1.54, 1.807) is 6.07 Å². The Morgan fingerprint density at radius 2 is 1.96 bits per heavy atom. The molecule has 2 aliphatic rings. The summed E-state index contributed by atoms with van der Waals surface area (Å²) in [6, 6.07) is 13.0. The number of nitrogens with one attached hydrogen (secondary N) is 3. The van der Waals surface area contributed by atoms with Crippen molar-refractivity contribution in [3.63, 3.8) is 0 Å². The summed E-state index contributed by atoms with van der Waals surface area (Å²) in [4.78, 5) is 4.87. The number of rotatable bonds is 2. The van der Waals surface area contributed by atoms with E-state index in [9.17, 15) is 4.39 Å². The van der Waals surface area contributed by atoms with Gasteiger partial charge < -0.3 is 16.0 Å². The molecule has 3 N–H and O–H groups in total. The van der Waals surface area contributed by atoms with E-state index in [1.807, 2.05) is 24.3 Å². The van der Waals surface area contributed by atoms with Gasteiger partial charge in [-0.2, -0.15) is 0 Å². The van der Waals surface area contributed by atoms with E-state index >= 15 is 0 Å². The van der Waals surface area contributed by atoms with Crippen molar-refractivity contribution < 1.29 is 4.39 Å². The number of halogens is 2. The summed E-state index contributed by atoms with van der Waals surface area (Å²) in [6.07, 6.45) is 1.89. The highest BCUT2D eigenvalue weighted by Crippen LogP contribution is 2.36. The van der Waals surface area contributed by atoms with Crippen molar-refractivity contribution in [2.75, 3.05) is 18.4 Å². The highest BCUT2D eigenvalue weighted by atomic mass is 35.5. The second kappa shape index (κ2) is 6.65. The molecule has 2 aromatic carbocycles. The van der Waals surface area contributed by atoms with E-state index in [2.05, 4.69) is 22.0 Å². The fraction of sp³-hybridized carbons (Fsp3) is 0.316. The number of aliphatic imine (C=N–C) groups is 1. The number of hydrogen-bond donors (Lipinski definition) is 3. The third-order valence-corrected chi connectivity index (χ3v) is 5.17. The zero-order valence-electron chi connectivity index (χ0n) is 13.8. The van der Waals surface area contributed by atoms with Gasteiger partial charge in [-0.25, -0.2) is 9.38 Å². The van der Waals surface area contributed by atoms with Gasteiger partial charge in [0, 0.05) is 6.54 Å². The average molecular weight is 359 g/mol. The van der Waals surface area contributed by atoms with Crippen molar-refractivity contribution >= 4 is 28.8 Å². The molecule has 0 bridgehead atoms. The highest BCUT2D eigenvalue weighted by Gasteiger charge is 2.40. The third kappa shape index (κ3) is 3.22. The minimum Gasteiger partial charge on any atom is -0.371 e. The molecule has 0 aliphatic carbocycles. The molecular weight excluding hydrogens is 339 g/mol. The second-order valence-electron chi connectivity index (χ2n) is 6.54. The van der Waals surface area contributed by atoms with Crippen LogP contribution in [0.15, 0.2) is 47.5 Å². The summed E-state index contributed by atoms with van der Waals surface area (Å²) in [5, 5.41) is 10.7. The number of piperidine rings is 1. The summed E-state index contributed by atoms with van der Waals surface area (Å²) < 4.78 is 13.7. The van der Waals surface area contributed by atoms with Crippen LogP contribution in [0, 0.1) is 5.82 Å². The van der Waals surface area contributed by atoms with Gasteiger partial charge in [0.15, 0.2) is 0 Å². The third-order valence-electron chi connectivity index (χ3n) is 4.86. The quantitative estimate of drug-likeness (QED) is 0.764. The normalized spacial score (nSPS) is 18.2. The van der Waals surface area contributed by atoms with Gasteiger partial charge in [0.2, 0.25) is 0 Å². The van der Waals surface area contributed by atoms with Crippen molar-refractivity contribution in [1.29, 1.82) is 0 Å². The minimum atomic E-state index is -0.397. The van der Waals surface area contributed by atoms with E-state index < -0.39 is 5.82 Å². The molecule has 2 heterocycles. The molecule has 130 valence electrons. The zero-order valence-corrected chi connectivity index (χ0v) is 14.5. The van der Waals surface area contributed by atoms with E-state index in [4.69, 9.17) is 16.6 Å². The van der Waals surface area contributed by atoms with Crippen LogP contribution in [0.25, 0.3) is 0 Å². The molecule has 2 aliphatic heterocycles. The fourth-order valence-corrected chi connectivity index (χ4v) is 3.60. The van der Waals surface area contributed by atoms with Crippen LogP contribution >= 0.6 is 11.6 Å². The summed E-state index contributed by atoms with van der Waals surface area (Å²) in [6.45, 7) is 2.38. The maximum atomic E-state index is 13.7. The Labute approximate surface area is 151 Å². The Balaban J connectivity index is 1.62. The van der Waals surface area contributed by atoms with Crippen LogP contribution in [0.1, 0.15) is 18.4 Å². The molecule has 0 amide bonds. The highest BCUT2D eigenvalue weighted by molar-refractivity contribution is 6.30. The van der Waals surface area contributed by atoms with Gasteiger partial charge in [-0.05, 0) is 55.8 Å². The van der Waals surface area contributed by atoms with E-state index in [0.717, 1.165) is 48.7 Å². The maximum absolute atomic E-state index is 13.7. The molecule has 2 aromatic rings. The predicted octanol–water partition coefficient (Wildman–Crippen LogP) is 3.85. The number of amidine groups is 1. The summed E-state index contributed by atoms with van der Waals surface area (Å²) in [5.41, 5.74) is 2.63. The molecule has 6 heteroatoms. The van der Waals surface area contributed by atoms with Crippen LogP contribution in [-0.2, 0) is 6.54 Å². The van der Waals surface area contributed by atoms with Crippen molar-refractivity contribution in [1.82, 2.24) is 10.6 Å². The lowest BCUT2D eigenvalue weighted by Crippen LogP contribution is -2.58. The van der Waals surface area contributed by atoms with Gasteiger partial charge in [-0.3, -0.25) is 0 Å². The molecule has 25 heavy (non-hydrogen) atoms. The molecule has 1 spiro atoms. The molecule has 1 fully saturated rings. The number of fused-ring (bicyclic) bond motifs is 1. The van der Waals surface area contributed by atoms with Crippen molar-refractivity contribution in [3.05, 3.63) is 58.9 Å². The first kappa shape index (κ1) is 16.4. The molecule has 4 nitrogen and oxygen atoms in total. The lowest BCUT2D eigenvalue weighted by Gasteiger charge is -2.43. The minimum absolute atomic E-state index is 0.143. The van der Waals surface area contributed by atoms with Crippen LogP contribution in [0.4, 0.5) is 15.8 Å². The lowest BCUT2D eigenvalue weighted by atomic mass is 9.85. The Bertz CT molecular complexity index is 815. The molecule has 0 radical (unpaired) electrons. The van der Waals surface area contributed by atoms with Crippen molar-refractivity contribution in [3.8, 4) is 0 Å². The second-order valence-corrected chi connectivity index (χ2v) is 6.94. The molecular formula is C19H20ClFN4. The topological polar surface area (TPSA) is 48.5 Å². The number of hydrogen-bond acceptors (Lipinski definition) is 4. The van der Waals surface area contributed by atoms with E-state index in [0.29, 0.717) is 6.54 Å². The summed E-state index contributed by atoms with van der Waals surface area (Å²) in [7, 11) is 0. The Kier molecular flexibility index (Phi) is 4.36. The number of anilines is 1. The average Bonchev–Trinajstić information content (AvgIpc) is 2.63. The number of benzene rings is 2. The smallest absolute Gasteiger partial charge is 0.142 e. The number of para-hydroxylation sites is 2. The molecule has 0 unspecified atom stereocenters. The zero-order chi connectivity index (χ0) is 17.3. The fourth-order valence-electron chi connectivity index (χ4n) is 3.48. The molecule has 0 atom stereocenters. The monoisotopic (exact) mass is 358 g/mol. The Morgan fingerprint density at radius 1 is 1.16 bits per heavy atom. The molecule has 0 aromatic heterocycles. The Morgan fingerprint density at radius 3 is 2.76 bits per heavy atom. The maximum Gasteiger partial charge on any atom is 0.142 e. The van der Waals surface area contributed by atoms with Crippen LogP contribution < -0.4 is 16.0 Å². The Hall–Kier alpha value is -2.11. The molecule has 4 rings (SSSR count). The van der Waals surface area contributed by atoms with Gasteiger partial charge in [0.1, 0.15) is 11.7 Å². The van der Waals surface area contributed by atoms with Gasteiger partial charge in [0.05, 0.1) is 21.9 Å². The van der Waals surface area contributed by atoms with Crippen molar-refractivity contribution in [2.24, 2.45) is 4.99 Å². The number of nitrogens with zero attached hydrogens (tertiary/aromatic N) is 1. The van der Waals surface area contributed by atoms with Crippen LogP contribution in [0.3, 0.4) is 0 Å². The van der Waals surface area contributed by atoms with Gasteiger partial charge in [-0.15, -0.1) is 0 Å². The molecule has 1 saturated heterocycles. The largest absolute Gasteiger partial charge is 0.371 e. The molecule has 0 saturated carbocycles. The van der Waals surface area contributed by atoms with Gasteiger partial charge in [0.25, 0.3) is 0 Å². The first-order valence-electron chi connectivity index (χ1n) is 8.51. The summed E-state index contributed by atoms with van der Waals surface area (Å²) >= 11 is 5.77. The van der Waals surface area contributed by atoms with E-state index in [-0.39, 0.29) is 10.6 Å². The van der Waals surface area contributed by atoms with E-state index in [1.165, 1.54) is 6.07 Å². The SMILES string of the molecule is Fc1cc(CNC2=Nc3ccccc3NC23CCNCC3)ccc1Cl.